The summed E-state index contributed by atoms with van der Waals surface area (Å²) in [5.74, 6) is -0.164. The first-order chi connectivity index (χ1) is 19.1. The van der Waals surface area contributed by atoms with Crippen LogP contribution >= 0.6 is 23.2 Å². The molecule has 4 rings (SSSR count). The van der Waals surface area contributed by atoms with Crippen molar-refractivity contribution in [1.82, 2.24) is 9.62 Å². The van der Waals surface area contributed by atoms with Gasteiger partial charge in [0.15, 0.2) is 0 Å². The third kappa shape index (κ3) is 7.45. The molecule has 0 atom stereocenters. The summed E-state index contributed by atoms with van der Waals surface area (Å²) in [6.45, 7) is 0.924. The number of hydrogen-bond donors (Lipinski definition) is 1. The van der Waals surface area contributed by atoms with Crippen LogP contribution in [0.25, 0.3) is 0 Å². The fraction of sp³-hybridized carbons (Fsp3) is 0.269. The predicted molar refractivity (Wildman–Crippen MR) is 152 cm³/mol. The average molecular weight is 629 g/mol. The van der Waals surface area contributed by atoms with Gasteiger partial charge in [0.05, 0.1) is 35.2 Å². The molecule has 3 aromatic carbocycles. The number of carbonyl (C=O) groups is 1. The van der Waals surface area contributed by atoms with Crippen LogP contribution in [0.2, 0.25) is 10.0 Å². The van der Waals surface area contributed by atoms with Crippen LogP contribution < -0.4 is 14.4 Å². The van der Waals surface area contributed by atoms with Crippen molar-refractivity contribution in [2.24, 2.45) is 0 Å². The highest BCUT2D eigenvalue weighted by molar-refractivity contribution is 7.92. The molecule has 0 unspecified atom stereocenters. The number of anilines is 1. The molecule has 1 aliphatic rings. The fourth-order valence-electron chi connectivity index (χ4n) is 3.91. The molecule has 0 radical (unpaired) electrons. The van der Waals surface area contributed by atoms with Gasteiger partial charge >= 0.3 is 0 Å². The van der Waals surface area contributed by atoms with E-state index in [0.717, 1.165) is 4.31 Å². The molecular weight excluding hydrogens is 601 g/mol. The van der Waals surface area contributed by atoms with Crippen LogP contribution in [0.3, 0.4) is 0 Å². The molecule has 1 aliphatic heterocycles. The second-order valence-corrected chi connectivity index (χ2v) is 13.3. The number of nitrogens with zero attached hydrogens (tertiary/aromatic N) is 2. The van der Waals surface area contributed by atoms with Crippen LogP contribution in [-0.2, 0) is 29.6 Å². The maximum atomic E-state index is 13.4. The van der Waals surface area contributed by atoms with Gasteiger partial charge < -0.3 is 14.8 Å². The summed E-state index contributed by atoms with van der Waals surface area (Å²) in [7, 11) is -7.73. The lowest BCUT2D eigenvalue weighted by molar-refractivity contribution is -0.119. The molecule has 214 valence electrons. The van der Waals surface area contributed by atoms with Gasteiger partial charge in [0.1, 0.15) is 18.9 Å². The Bertz CT molecular complexity index is 1510. The molecular formula is C26H27Cl2N3O7S2. The van der Waals surface area contributed by atoms with Gasteiger partial charge in [0.25, 0.3) is 10.0 Å². The maximum absolute atomic E-state index is 13.4. The molecule has 14 heteroatoms. The van der Waals surface area contributed by atoms with Gasteiger partial charge in [0.2, 0.25) is 15.9 Å². The van der Waals surface area contributed by atoms with Crippen molar-refractivity contribution in [1.29, 1.82) is 0 Å². The van der Waals surface area contributed by atoms with E-state index in [9.17, 15) is 21.6 Å². The highest BCUT2D eigenvalue weighted by Gasteiger charge is 2.28. The first-order valence-corrected chi connectivity index (χ1v) is 15.8. The zero-order valence-electron chi connectivity index (χ0n) is 21.2. The monoisotopic (exact) mass is 627 g/mol. The minimum absolute atomic E-state index is 0.00122. The van der Waals surface area contributed by atoms with Crippen molar-refractivity contribution in [3.8, 4) is 5.75 Å². The number of benzene rings is 3. The molecule has 10 nitrogen and oxygen atoms in total. The van der Waals surface area contributed by atoms with Gasteiger partial charge in [-0.25, -0.2) is 16.8 Å². The first kappa shape index (κ1) is 30.1. The molecule has 40 heavy (non-hydrogen) atoms. The van der Waals surface area contributed by atoms with Crippen LogP contribution in [0.15, 0.2) is 82.6 Å². The van der Waals surface area contributed by atoms with Crippen LogP contribution in [0.1, 0.15) is 0 Å². The lowest BCUT2D eigenvalue weighted by Crippen LogP contribution is -2.42. The van der Waals surface area contributed by atoms with E-state index in [2.05, 4.69) is 5.32 Å². The Hall–Kier alpha value is -2.87. The summed E-state index contributed by atoms with van der Waals surface area (Å²) in [5.41, 5.74) is 0.139. The van der Waals surface area contributed by atoms with Crippen LogP contribution in [0.4, 0.5) is 5.69 Å². The zero-order valence-corrected chi connectivity index (χ0v) is 24.3. The quantitative estimate of drug-likeness (QED) is 0.323. The van der Waals surface area contributed by atoms with E-state index < -0.39 is 32.5 Å². The molecule has 1 heterocycles. The second kappa shape index (κ2) is 13.2. The van der Waals surface area contributed by atoms with Crippen molar-refractivity contribution in [3.63, 3.8) is 0 Å². The van der Waals surface area contributed by atoms with Crippen molar-refractivity contribution < 1.29 is 31.1 Å². The van der Waals surface area contributed by atoms with Crippen LogP contribution in [-0.4, -0.2) is 73.0 Å². The minimum atomic E-state index is -4.12. The Morgan fingerprint density at radius 2 is 1.52 bits per heavy atom. The number of carbonyl (C=O) groups excluding carboxylic acids is 1. The maximum Gasteiger partial charge on any atom is 0.264 e. The normalized spacial score (nSPS) is 14.4. The summed E-state index contributed by atoms with van der Waals surface area (Å²) in [6, 6.07) is 18.0. The SMILES string of the molecule is O=C(CN(c1cc(Cl)cc(Cl)c1)S(=O)(=O)c1ccccc1)NCCOc1ccc(S(=O)(=O)N2CCOCC2)cc1. The number of morpholine rings is 1. The smallest absolute Gasteiger partial charge is 0.264 e. The van der Waals surface area contributed by atoms with E-state index in [1.165, 1.54) is 58.9 Å². The van der Waals surface area contributed by atoms with Crippen molar-refractivity contribution in [3.05, 3.63) is 82.8 Å². The summed E-state index contributed by atoms with van der Waals surface area (Å²) in [6.07, 6.45) is 0. The van der Waals surface area contributed by atoms with Gasteiger partial charge in [-0.1, -0.05) is 41.4 Å². The summed E-state index contributed by atoms with van der Waals surface area (Å²) in [4.78, 5) is 12.9. The zero-order chi connectivity index (χ0) is 28.8. The van der Waals surface area contributed by atoms with E-state index in [0.29, 0.717) is 32.1 Å². The first-order valence-electron chi connectivity index (χ1n) is 12.2. The van der Waals surface area contributed by atoms with E-state index in [-0.39, 0.29) is 38.7 Å². The number of ether oxygens (including phenoxy) is 2. The number of amides is 1. The minimum Gasteiger partial charge on any atom is -0.492 e. The third-order valence-electron chi connectivity index (χ3n) is 5.88. The molecule has 1 N–H and O–H groups in total. The van der Waals surface area contributed by atoms with E-state index in [1.807, 2.05) is 0 Å². The number of hydrogen-bond acceptors (Lipinski definition) is 7. The van der Waals surface area contributed by atoms with Crippen LogP contribution in [0, 0.1) is 0 Å². The highest BCUT2D eigenvalue weighted by Crippen LogP contribution is 2.29. The number of nitrogens with one attached hydrogen (secondary N) is 1. The molecule has 0 aliphatic carbocycles. The second-order valence-electron chi connectivity index (χ2n) is 8.64. The van der Waals surface area contributed by atoms with Gasteiger partial charge in [0, 0.05) is 23.1 Å². The molecule has 1 fully saturated rings. The standard InChI is InChI=1S/C26H27Cl2N3O7S2/c27-20-16-21(28)18-22(17-20)31(40(35,36)24-4-2-1-3-5-24)19-26(32)29-10-13-38-23-6-8-25(9-7-23)39(33,34)30-11-14-37-15-12-30/h1-9,16-18H,10-15,19H2,(H,29,32). The van der Waals surface area contributed by atoms with Gasteiger partial charge in [-0.2, -0.15) is 4.31 Å². The predicted octanol–water partition coefficient (Wildman–Crippen LogP) is 3.40. The van der Waals surface area contributed by atoms with Gasteiger partial charge in [-0.15, -0.1) is 0 Å². The number of halogens is 2. The Morgan fingerprint density at radius 1 is 0.900 bits per heavy atom. The van der Waals surface area contributed by atoms with Gasteiger partial charge in [-0.3, -0.25) is 9.10 Å². The van der Waals surface area contributed by atoms with Crippen LogP contribution in [0.5, 0.6) is 5.75 Å². The molecule has 1 saturated heterocycles. The largest absolute Gasteiger partial charge is 0.492 e. The summed E-state index contributed by atoms with van der Waals surface area (Å²) >= 11 is 12.2. The Balaban J connectivity index is 1.36. The lowest BCUT2D eigenvalue weighted by atomic mass is 10.3. The number of sulfonamides is 2. The molecule has 1 amide bonds. The Morgan fingerprint density at radius 3 is 2.15 bits per heavy atom. The van der Waals surface area contributed by atoms with Crippen molar-refractivity contribution in [2.45, 2.75) is 9.79 Å². The van der Waals surface area contributed by atoms with Crippen molar-refractivity contribution >= 4 is 54.8 Å². The lowest BCUT2D eigenvalue weighted by Gasteiger charge is -2.26. The van der Waals surface area contributed by atoms with E-state index in [4.69, 9.17) is 32.7 Å². The summed E-state index contributed by atoms with van der Waals surface area (Å²) in [5, 5.41) is 3.07. The van der Waals surface area contributed by atoms with E-state index >= 15 is 0 Å². The highest BCUT2D eigenvalue weighted by atomic mass is 35.5. The number of rotatable bonds is 11. The van der Waals surface area contributed by atoms with E-state index in [1.54, 1.807) is 18.2 Å². The fourth-order valence-corrected chi connectivity index (χ4v) is 7.26. The Labute approximate surface area is 243 Å². The Kier molecular flexibility index (Phi) is 9.93. The molecule has 0 bridgehead atoms. The molecule has 0 spiro atoms. The third-order valence-corrected chi connectivity index (χ3v) is 10.0. The molecule has 0 aromatic heterocycles. The topological polar surface area (TPSA) is 122 Å². The molecule has 3 aromatic rings. The average Bonchev–Trinajstić information content (AvgIpc) is 2.94. The summed E-state index contributed by atoms with van der Waals surface area (Å²) < 4.78 is 65.4. The van der Waals surface area contributed by atoms with Crippen molar-refractivity contribution in [2.75, 3.05) is 50.3 Å². The molecule has 0 saturated carbocycles. The van der Waals surface area contributed by atoms with Gasteiger partial charge in [-0.05, 0) is 54.6 Å².